The quantitative estimate of drug-likeness (QED) is 0.377. The fraction of sp³-hybridized carbons (Fsp3) is 0.185. The van der Waals surface area contributed by atoms with Crippen LogP contribution in [0.1, 0.15) is 33.1 Å². The number of aromatic nitrogens is 5. The lowest BCUT2D eigenvalue weighted by atomic mass is 10.0. The molecule has 2 aromatic carbocycles. The van der Waals surface area contributed by atoms with Crippen molar-refractivity contribution in [3.63, 3.8) is 0 Å². The Morgan fingerprint density at radius 3 is 2.73 bits per heavy atom. The zero-order valence-electron chi connectivity index (χ0n) is 20.4. The fourth-order valence-electron chi connectivity index (χ4n) is 4.70. The van der Waals surface area contributed by atoms with Gasteiger partial charge in [0.05, 0.1) is 46.0 Å². The van der Waals surface area contributed by atoms with Crippen LogP contribution in [0.4, 0.5) is 10.2 Å². The van der Waals surface area contributed by atoms with Crippen LogP contribution < -0.4 is 10.5 Å². The van der Waals surface area contributed by atoms with Crippen LogP contribution in [0.15, 0.2) is 48.9 Å². The zero-order valence-corrected chi connectivity index (χ0v) is 20.4. The van der Waals surface area contributed by atoms with Crippen molar-refractivity contribution in [2.24, 2.45) is 14.1 Å². The number of carbonyl (C=O) groups excluding carboxylic acids is 1. The van der Waals surface area contributed by atoms with E-state index in [-0.39, 0.29) is 24.0 Å². The number of nitrogens with zero attached hydrogens (tertiary/aromatic N) is 6. The number of ether oxygens (including phenoxy) is 1. The summed E-state index contributed by atoms with van der Waals surface area (Å²) >= 11 is 0. The molecule has 0 saturated carbocycles. The van der Waals surface area contributed by atoms with E-state index in [9.17, 15) is 4.79 Å². The Labute approximate surface area is 211 Å². The molecule has 37 heavy (non-hydrogen) atoms. The van der Waals surface area contributed by atoms with Gasteiger partial charge in [-0.05, 0) is 18.2 Å². The predicted molar refractivity (Wildman–Crippen MR) is 136 cm³/mol. The summed E-state index contributed by atoms with van der Waals surface area (Å²) in [6.45, 7) is 0.260. The number of aryl methyl sites for hydroxylation is 2. The van der Waals surface area contributed by atoms with Gasteiger partial charge in [-0.2, -0.15) is 10.2 Å². The van der Waals surface area contributed by atoms with Crippen molar-refractivity contribution < 1.29 is 13.9 Å². The third-order valence-corrected chi connectivity index (χ3v) is 6.64. The summed E-state index contributed by atoms with van der Waals surface area (Å²) in [7, 11) is 5.24. The molecule has 1 unspecified atom stereocenters. The highest BCUT2D eigenvalue weighted by molar-refractivity contribution is 6.10. The van der Waals surface area contributed by atoms with Crippen LogP contribution in [-0.4, -0.2) is 49.0 Å². The molecule has 1 amide bonds. The Bertz CT molecular complexity index is 1790. The highest BCUT2D eigenvalue weighted by Gasteiger charge is 2.32. The minimum Gasteiger partial charge on any atom is -0.491 e. The summed E-state index contributed by atoms with van der Waals surface area (Å²) in [5, 5.41) is 9.60. The molecule has 1 aliphatic rings. The molecule has 5 aromatic rings. The van der Waals surface area contributed by atoms with E-state index in [1.165, 1.54) is 17.0 Å². The molecule has 9 nitrogen and oxygen atoms in total. The lowest BCUT2D eigenvalue weighted by molar-refractivity contribution is 0.0704. The number of anilines is 1. The first-order valence-corrected chi connectivity index (χ1v) is 11.5. The zero-order chi connectivity index (χ0) is 25.8. The van der Waals surface area contributed by atoms with Crippen LogP contribution in [0.25, 0.3) is 21.8 Å². The smallest absolute Gasteiger partial charge is 0.257 e. The molecule has 0 radical (unpaired) electrons. The van der Waals surface area contributed by atoms with E-state index >= 15 is 4.39 Å². The van der Waals surface area contributed by atoms with E-state index in [0.29, 0.717) is 27.6 Å². The molecule has 0 spiro atoms. The highest BCUT2D eigenvalue weighted by Crippen LogP contribution is 2.37. The van der Waals surface area contributed by atoms with Gasteiger partial charge in [0.15, 0.2) is 0 Å². The maximum Gasteiger partial charge on any atom is 0.257 e. The second kappa shape index (κ2) is 8.34. The first-order valence-electron chi connectivity index (χ1n) is 11.5. The maximum absolute atomic E-state index is 15.1. The lowest BCUT2D eigenvalue weighted by Gasteiger charge is -2.24. The molecule has 184 valence electrons. The number of pyridine rings is 1. The van der Waals surface area contributed by atoms with E-state index in [1.807, 2.05) is 31.4 Å². The molecular weight excluding hydrogens is 473 g/mol. The number of halogens is 1. The van der Waals surface area contributed by atoms with Gasteiger partial charge in [0.25, 0.3) is 5.91 Å². The van der Waals surface area contributed by atoms with Gasteiger partial charge >= 0.3 is 0 Å². The van der Waals surface area contributed by atoms with Crippen LogP contribution in [0.5, 0.6) is 5.75 Å². The van der Waals surface area contributed by atoms with Crippen molar-refractivity contribution >= 4 is 33.5 Å². The van der Waals surface area contributed by atoms with Crippen LogP contribution in [0.2, 0.25) is 0 Å². The molecule has 2 N–H and O–H groups in total. The molecule has 3 aromatic heterocycles. The van der Waals surface area contributed by atoms with Crippen molar-refractivity contribution in [2.75, 3.05) is 19.4 Å². The number of hydrogen-bond acceptors (Lipinski definition) is 6. The number of fused-ring (bicyclic) bond motifs is 4. The minimum atomic E-state index is -0.669. The van der Waals surface area contributed by atoms with Crippen molar-refractivity contribution in [3.05, 3.63) is 77.0 Å². The van der Waals surface area contributed by atoms with Crippen molar-refractivity contribution in [1.82, 2.24) is 29.4 Å². The average molecular weight is 496 g/mol. The molecule has 6 rings (SSSR count). The Hall–Kier alpha value is -4.91. The average Bonchev–Trinajstić information content (AvgIpc) is 3.60. The van der Waals surface area contributed by atoms with E-state index in [2.05, 4.69) is 27.0 Å². The molecule has 4 heterocycles. The number of benzene rings is 2. The highest BCUT2D eigenvalue weighted by atomic mass is 19.1. The van der Waals surface area contributed by atoms with Gasteiger partial charge in [-0.15, -0.1) is 0 Å². The summed E-state index contributed by atoms with van der Waals surface area (Å²) < 4.78 is 24.4. The number of rotatable bonds is 2. The van der Waals surface area contributed by atoms with Gasteiger partial charge < -0.3 is 15.4 Å². The maximum atomic E-state index is 15.1. The number of amides is 1. The van der Waals surface area contributed by atoms with E-state index in [0.717, 1.165) is 16.7 Å². The first-order chi connectivity index (χ1) is 17.8. The third-order valence-electron chi connectivity index (χ3n) is 6.64. The predicted octanol–water partition coefficient (Wildman–Crippen LogP) is 3.18. The van der Waals surface area contributed by atoms with E-state index < -0.39 is 11.7 Å². The Morgan fingerprint density at radius 2 is 1.95 bits per heavy atom. The van der Waals surface area contributed by atoms with Crippen LogP contribution in [-0.2, 0) is 14.1 Å². The fourth-order valence-corrected chi connectivity index (χ4v) is 4.70. The van der Waals surface area contributed by atoms with Crippen LogP contribution in [0.3, 0.4) is 0 Å². The standard InChI is InChI=1S/C27H22FN7O2/c1-33-13-16(11-30-33)5-4-15-6-7-17-23(14-37-24(17)8-15)34(2)27(36)18-9-19-22(10-21(18)28)32-26(29)20-12-31-35(3)25(19)20/h6-13,23H,14H2,1-3H3,(H2,29,32). The minimum absolute atomic E-state index is 0.0588. The second-order valence-corrected chi connectivity index (χ2v) is 9.02. The molecule has 0 saturated heterocycles. The molecule has 0 fully saturated rings. The topological polar surface area (TPSA) is 104 Å². The monoisotopic (exact) mass is 495 g/mol. The van der Waals surface area contributed by atoms with Crippen LogP contribution >= 0.6 is 0 Å². The van der Waals surface area contributed by atoms with E-state index in [4.69, 9.17) is 10.5 Å². The number of nitrogens with two attached hydrogens (primary N) is 1. The molecule has 0 bridgehead atoms. The Morgan fingerprint density at radius 1 is 1.14 bits per heavy atom. The van der Waals surface area contributed by atoms with Gasteiger partial charge in [0.1, 0.15) is 24.0 Å². The van der Waals surface area contributed by atoms with Gasteiger partial charge in [-0.25, -0.2) is 9.37 Å². The van der Waals surface area contributed by atoms with Gasteiger partial charge in [-0.1, -0.05) is 17.9 Å². The van der Waals surface area contributed by atoms with E-state index in [1.54, 1.807) is 35.9 Å². The SMILES string of the molecule is CN(C(=O)c1cc2c(cc1F)nc(N)c1cnn(C)c12)C1COc2cc(C#Cc3cnn(C)c3)ccc21. The van der Waals surface area contributed by atoms with Crippen molar-refractivity contribution in [3.8, 4) is 17.6 Å². The lowest BCUT2D eigenvalue weighted by Crippen LogP contribution is -2.32. The molecule has 0 aliphatic carbocycles. The summed E-state index contributed by atoms with van der Waals surface area (Å²) in [5.41, 5.74) is 9.46. The summed E-state index contributed by atoms with van der Waals surface area (Å²) in [6.07, 6.45) is 5.14. The Kier molecular flexibility index (Phi) is 5.08. The molecular formula is C27H22FN7O2. The Balaban J connectivity index is 1.32. The normalized spacial score (nSPS) is 14.3. The van der Waals surface area contributed by atoms with Gasteiger partial charge in [0, 0.05) is 49.9 Å². The van der Waals surface area contributed by atoms with Crippen molar-refractivity contribution in [2.45, 2.75) is 6.04 Å². The number of nitrogen functional groups attached to an aromatic ring is 1. The molecule has 10 heteroatoms. The number of hydrogen-bond donors (Lipinski definition) is 1. The molecule has 1 atom stereocenters. The summed E-state index contributed by atoms with van der Waals surface area (Å²) in [4.78, 5) is 19.3. The van der Waals surface area contributed by atoms with Gasteiger partial charge in [-0.3, -0.25) is 14.2 Å². The number of carbonyl (C=O) groups is 1. The summed E-state index contributed by atoms with van der Waals surface area (Å²) in [6, 6.07) is 8.02. The summed E-state index contributed by atoms with van der Waals surface area (Å²) in [5.74, 6) is 5.96. The first kappa shape index (κ1) is 22.5. The van der Waals surface area contributed by atoms with Gasteiger partial charge in [0.2, 0.25) is 0 Å². The second-order valence-electron chi connectivity index (χ2n) is 9.02. The largest absolute Gasteiger partial charge is 0.491 e. The third kappa shape index (κ3) is 3.72. The number of likely N-dealkylation sites (N-methyl/N-ethyl adjacent to an activating group) is 1. The van der Waals surface area contributed by atoms with Crippen molar-refractivity contribution in [1.29, 1.82) is 0 Å². The molecule has 1 aliphatic heterocycles. The van der Waals surface area contributed by atoms with Crippen LogP contribution in [0, 0.1) is 17.7 Å².